The molecule has 0 unspecified atom stereocenters. The minimum atomic E-state index is -0.514. The van der Waals surface area contributed by atoms with Gasteiger partial charge in [-0.15, -0.1) is 0 Å². The lowest BCUT2D eigenvalue weighted by atomic mass is 9.87. The summed E-state index contributed by atoms with van der Waals surface area (Å²) in [5.41, 5.74) is 2.72. The summed E-state index contributed by atoms with van der Waals surface area (Å²) in [6, 6.07) is 6.25. The quantitative estimate of drug-likeness (QED) is 0.853. The molecule has 2 saturated heterocycles. The summed E-state index contributed by atoms with van der Waals surface area (Å²) in [6.07, 6.45) is 1.64. The summed E-state index contributed by atoms with van der Waals surface area (Å²) in [6.45, 7) is 3.88. The number of rotatable bonds is 3. The van der Waals surface area contributed by atoms with Crippen molar-refractivity contribution in [2.24, 2.45) is 5.92 Å². The fourth-order valence-electron chi connectivity index (χ4n) is 4.27. The lowest BCUT2D eigenvalue weighted by Crippen LogP contribution is -2.53. The van der Waals surface area contributed by atoms with Crippen LogP contribution < -0.4 is 5.32 Å². The standard InChI is InChI=1S/C19H26N2O4/c1-11-6-5-7-12(2)17(11)20-19(23)25-15-10-13-8-9-14(21(13)3)16(15)18(22)24-4/h5-7,13-16H,8-10H2,1-4H3,(H,20,23)/t13-,14+,15-,16-/m0/s1. The van der Waals surface area contributed by atoms with Crippen LogP contribution in [0, 0.1) is 19.8 Å². The summed E-state index contributed by atoms with van der Waals surface area (Å²) >= 11 is 0. The molecule has 1 aromatic carbocycles. The smallest absolute Gasteiger partial charge is 0.411 e. The zero-order valence-corrected chi connectivity index (χ0v) is 15.2. The highest BCUT2D eigenvalue weighted by molar-refractivity contribution is 5.87. The largest absolute Gasteiger partial charge is 0.469 e. The minimum Gasteiger partial charge on any atom is -0.469 e. The third-order valence-electron chi connectivity index (χ3n) is 5.65. The van der Waals surface area contributed by atoms with E-state index in [1.54, 1.807) is 0 Å². The number of hydrogen-bond acceptors (Lipinski definition) is 5. The first-order valence-corrected chi connectivity index (χ1v) is 8.76. The van der Waals surface area contributed by atoms with Gasteiger partial charge in [0.25, 0.3) is 0 Å². The zero-order valence-electron chi connectivity index (χ0n) is 15.2. The van der Waals surface area contributed by atoms with Crippen LogP contribution in [0.4, 0.5) is 10.5 Å². The molecule has 3 rings (SSSR count). The van der Waals surface area contributed by atoms with Crippen molar-refractivity contribution in [2.45, 2.75) is 51.3 Å². The van der Waals surface area contributed by atoms with Crippen molar-refractivity contribution in [1.82, 2.24) is 4.90 Å². The maximum Gasteiger partial charge on any atom is 0.411 e. The number of aryl methyl sites for hydroxylation is 2. The Balaban J connectivity index is 1.74. The summed E-state index contributed by atoms with van der Waals surface area (Å²) in [5.74, 6) is -0.737. The Bertz CT molecular complexity index is 655. The van der Waals surface area contributed by atoms with E-state index in [1.807, 2.05) is 39.1 Å². The van der Waals surface area contributed by atoms with Gasteiger partial charge in [-0.25, -0.2) is 4.79 Å². The molecule has 2 aliphatic rings. The SMILES string of the molecule is COC(=O)[C@@H]1[C@@H](OC(=O)Nc2c(C)cccc2C)C[C@@H]2CC[C@H]1N2C. The third-order valence-corrected chi connectivity index (χ3v) is 5.65. The number of methoxy groups -OCH3 is 1. The number of para-hydroxylation sites is 1. The Morgan fingerprint density at radius 2 is 1.88 bits per heavy atom. The van der Waals surface area contributed by atoms with Crippen LogP contribution in [-0.4, -0.2) is 49.3 Å². The van der Waals surface area contributed by atoms with Gasteiger partial charge in [-0.05, 0) is 44.9 Å². The molecule has 136 valence electrons. The van der Waals surface area contributed by atoms with Gasteiger partial charge in [0.15, 0.2) is 0 Å². The number of nitrogens with one attached hydrogen (secondary N) is 1. The molecule has 25 heavy (non-hydrogen) atoms. The zero-order chi connectivity index (χ0) is 18.1. The molecule has 0 aromatic heterocycles. The molecule has 2 fully saturated rings. The number of carbonyl (C=O) groups excluding carboxylic acids is 2. The number of amides is 1. The molecule has 0 aliphatic carbocycles. The topological polar surface area (TPSA) is 67.9 Å². The van der Waals surface area contributed by atoms with E-state index in [4.69, 9.17) is 9.47 Å². The number of piperidine rings is 1. The predicted molar refractivity (Wildman–Crippen MR) is 94.5 cm³/mol. The number of hydrogen-bond donors (Lipinski definition) is 1. The van der Waals surface area contributed by atoms with E-state index in [-0.39, 0.29) is 12.0 Å². The van der Waals surface area contributed by atoms with Crippen LogP contribution in [0.1, 0.15) is 30.4 Å². The molecule has 2 heterocycles. The van der Waals surface area contributed by atoms with E-state index < -0.39 is 18.1 Å². The second kappa shape index (κ2) is 7.04. The Morgan fingerprint density at radius 3 is 2.52 bits per heavy atom. The first-order valence-electron chi connectivity index (χ1n) is 8.76. The van der Waals surface area contributed by atoms with Crippen LogP contribution in [0.5, 0.6) is 0 Å². The van der Waals surface area contributed by atoms with E-state index in [0.29, 0.717) is 12.5 Å². The van der Waals surface area contributed by atoms with Crippen LogP contribution in [0.15, 0.2) is 18.2 Å². The van der Waals surface area contributed by atoms with Crippen molar-refractivity contribution in [2.75, 3.05) is 19.5 Å². The number of ether oxygens (including phenoxy) is 2. The van der Waals surface area contributed by atoms with Crippen molar-refractivity contribution in [3.8, 4) is 0 Å². The number of anilines is 1. The predicted octanol–water partition coefficient (Wildman–Crippen LogP) is 2.88. The molecule has 1 N–H and O–H groups in total. The van der Waals surface area contributed by atoms with Crippen molar-refractivity contribution < 1.29 is 19.1 Å². The molecule has 0 spiro atoms. The van der Waals surface area contributed by atoms with Gasteiger partial charge in [0, 0.05) is 24.2 Å². The van der Waals surface area contributed by atoms with Gasteiger partial charge in [-0.2, -0.15) is 0 Å². The second-order valence-corrected chi connectivity index (χ2v) is 7.08. The molecule has 0 radical (unpaired) electrons. The van der Waals surface area contributed by atoms with Crippen molar-refractivity contribution >= 4 is 17.7 Å². The number of benzene rings is 1. The van der Waals surface area contributed by atoms with Gasteiger partial charge in [0.1, 0.15) is 12.0 Å². The average Bonchev–Trinajstić information content (AvgIpc) is 2.81. The molecule has 2 aliphatic heterocycles. The van der Waals surface area contributed by atoms with Crippen LogP contribution in [0.25, 0.3) is 0 Å². The summed E-state index contributed by atoms with van der Waals surface area (Å²) in [7, 11) is 3.42. The van der Waals surface area contributed by atoms with Crippen LogP contribution >= 0.6 is 0 Å². The van der Waals surface area contributed by atoms with E-state index in [1.165, 1.54) is 7.11 Å². The Kier molecular flexibility index (Phi) is 4.99. The van der Waals surface area contributed by atoms with E-state index in [2.05, 4.69) is 10.2 Å². The van der Waals surface area contributed by atoms with Gasteiger partial charge in [-0.1, -0.05) is 18.2 Å². The molecule has 1 aromatic rings. The highest BCUT2D eigenvalue weighted by Gasteiger charge is 2.51. The Hall–Kier alpha value is -2.08. The molecule has 4 atom stereocenters. The van der Waals surface area contributed by atoms with E-state index in [0.717, 1.165) is 29.7 Å². The fourth-order valence-corrected chi connectivity index (χ4v) is 4.27. The fraction of sp³-hybridized carbons (Fsp3) is 0.579. The monoisotopic (exact) mass is 346 g/mol. The lowest BCUT2D eigenvalue weighted by molar-refractivity contribution is -0.155. The van der Waals surface area contributed by atoms with E-state index >= 15 is 0 Å². The maximum atomic E-state index is 12.5. The van der Waals surface area contributed by atoms with Gasteiger partial charge in [-0.3, -0.25) is 15.0 Å². The number of esters is 1. The number of fused-ring (bicyclic) bond motifs is 2. The Labute approximate surface area is 148 Å². The second-order valence-electron chi connectivity index (χ2n) is 7.08. The van der Waals surface area contributed by atoms with Crippen molar-refractivity contribution in [1.29, 1.82) is 0 Å². The average molecular weight is 346 g/mol. The molecular formula is C19H26N2O4. The van der Waals surface area contributed by atoms with E-state index in [9.17, 15) is 9.59 Å². The Morgan fingerprint density at radius 1 is 1.20 bits per heavy atom. The summed E-state index contributed by atoms with van der Waals surface area (Å²) in [4.78, 5) is 27.0. The maximum absolute atomic E-state index is 12.5. The van der Waals surface area contributed by atoms with Gasteiger partial charge < -0.3 is 9.47 Å². The molecule has 1 amide bonds. The molecule has 2 bridgehead atoms. The molecule has 6 nitrogen and oxygen atoms in total. The lowest BCUT2D eigenvalue weighted by Gasteiger charge is -2.40. The molecular weight excluding hydrogens is 320 g/mol. The number of nitrogens with zero attached hydrogens (tertiary/aromatic N) is 1. The highest BCUT2D eigenvalue weighted by atomic mass is 16.6. The molecule has 6 heteroatoms. The van der Waals surface area contributed by atoms with Crippen molar-refractivity contribution in [3.05, 3.63) is 29.3 Å². The third kappa shape index (κ3) is 3.35. The van der Waals surface area contributed by atoms with Crippen LogP contribution in [0.3, 0.4) is 0 Å². The summed E-state index contributed by atoms with van der Waals surface area (Å²) < 4.78 is 10.7. The van der Waals surface area contributed by atoms with Gasteiger partial charge >= 0.3 is 12.1 Å². The summed E-state index contributed by atoms with van der Waals surface area (Å²) in [5, 5.41) is 2.84. The normalized spacial score (nSPS) is 28.5. The number of carbonyl (C=O) groups is 2. The minimum absolute atomic E-state index is 0.0733. The first kappa shape index (κ1) is 17.7. The van der Waals surface area contributed by atoms with Gasteiger partial charge in [0.05, 0.1) is 7.11 Å². The first-order chi connectivity index (χ1) is 11.9. The van der Waals surface area contributed by atoms with Crippen molar-refractivity contribution in [3.63, 3.8) is 0 Å². The highest BCUT2D eigenvalue weighted by Crippen LogP contribution is 2.40. The van der Waals surface area contributed by atoms with Crippen LogP contribution in [0.2, 0.25) is 0 Å². The molecule has 0 saturated carbocycles. The van der Waals surface area contributed by atoms with Crippen LogP contribution in [-0.2, 0) is 14.3 Å². The van der Waals surface area contributed by atoms with Gasteiger partial charge in [0.2, 0.25) is 0 Å².